The molecule has 3 N–H and O–H groups in total. The first-order valence-corrected chi connectivity index (χ1v) is 6.84. The summed E-state index contributed by atoms with van der Waals surface area (Å²) in [6.07, 6.45) is 3.66. The SMILES string of the molecule is Cl.Oc1c(Br)cccc1CN[C@H]1CC[C@H](O)CC1. The van der Waals surface area contributed by atoms with E-state index in [4.69, 9.17) is 0 Å². The number of rotatable bonds is 3. The molecule has 1 aliphatic rings. The minimum absolute atomic E-state index is 0. The maximum atomic E-state index is 9.84. The van der Waals surface area contributed by atoms with E-state index in [2.05, 4.69) is 21.2 Å². The average Bonchev–Trinajstić information content (AvgIpc) is 2.33. The summed E-state index contributed by atoms with van der Waals surface area (Å²) < 4.78 is 0.732. The van der Waals surface area contributed by atoms with Crippen LogP contribution in [-0.2, 0) is 6.54 Å². The van der Waals surface area contributed by atoms with E-state index in [1.54, 1.807) is 0 Å². The van der Waals surface area contributed by atoms with Gasteiger partial charge in [-0.2, -0.15) is 0 Å². The Hall–Kier alpha value is -0.290. The number of phenolic OH excluding ortho intramolecular Hbond substituents is 1. The summed E-state index contributed by atoms with van der Waals surface area (Å²) >= 11 is 3.31. The van der Waals surface area contributed by atoms with Crippen molar-refractivity contribution in [2.75, 3.05) is 0 Å². The fourth-order valence-electron chi connectivity index (χ4n) is 2.24. The van der Waals surface area contributed by atoms with Crippen LogP contribution in [0.1, 0.15) is 31.2 Å². The van der Waals surface area contributed by atoms with Gasteiger partial charge in [0, 0.05) is 18.2 Å². The molecule has 1 aromatic rings. The molecule has 1 saturated carbocycles. The average molecular weight is 337 g/mol. The van der Waals surface area contributed by atoms with Gasteiger partial charge < -0.3 is 15.5 Å². The number of phenols is 1. The summed E-state index contributed by atoms with van der Waals surface area (Å²) in [5.41, 5.74) is 0.908. The molecule has 0 saturated heterocycles. The predicted octanol–water partition coefficient (Wildman–Crippen LogP) is 2.97. The van der Waals surface area contributed by atoms with Crippen molar-refractivity contribution < 1.29 is 10.2 Å². The van der Waals surface area contributed by atoms with Crippen LogP contribution in [0.5, 0.6) is 5.75 Å². The van der Waals surface area contributed by atoms with E-state index < -0.39 is 0 Å². The number of aliphatic hydroxyl groups is 1. The smallest absolute Gasteiger partial charge is 0.134 e. The Bertz CT molecular complexity index is 381. The summed E-state index contributed by atoms with van der Waals surface area (Å²) in [5.74, 6) is 0.316. The van der Waals surface area contributed by atoms with Gasteiger partial charge in [0.2, 0.25) is 0 Å². The molecule has 0 heterocycles. The third-order valence-corrected chi connectivity index (χ3v) is 3.99. The van der Waals surface area contributed by atoms with Crippen LogP contribution in [0.3, 0.4) is 0 Å². The Morgan fingerprint density at radius 3 is 2.56 bits per heavy atom. The molecule has 18 heavy (non-hydrogen) atoms. The number of hydrogen-bond acceptors (Lipinski definition) is 3. The van der Waals surface area contributed by atoms with Crippen molar-refractivity contribution in [2.24, 2.45) is 0 Å². The van der Waals surface area contributed by atoms with Crippen LogP contribution in [0.15, 0.2) is 22.7 Å². The molecule has 0 radical (unpaired) electrons. The molecule has 5 heteroatoms. The predicted molar refractivity (Wildman–Crippen MR) is 78.2 cm³/mol. The molecular formula is C13H19BrClNO2. The summed E-state index contributed by atoms with van der Waals surface area (Å²) in [6.45, 7) is 0.673. The fraction of sp³-hybridized carbons (Fsp3) is 0.538. The van der Waals surface area contributed by atoms with Crippen molar-refractivity contribution in [3.63, 3.8) is 0 Å². The van der Waals surface area contributed by atoms with Crippen molar-refractivity contribution in [3.8, 4) is 5.75 Å². The maximum Gasteiger partial charge on any atom is 0.134 e. The first-order valence-electron chi connectivity index (χ1n) is 6.04. The Balaban J connectivity index is 0.00000162. The minimum atomic E-state index is -0.118. The van der Waals surface area contributed by atoms with Crippen LogP contribution in [0.4, 0.5) is 0 Å². The lowest BCUT2D eigenvalue weighted by Crippen LogP contribution is -2.34. The van der Waals surface area contributed by atoms with E-state index in [1.165, 1.54) is 0 Å². The third kappa shape index (κ3) is 4.12. The second kappa shape index (κ2) is 7.34. The third-order valence-electron chi connectivity index (χ3n) is 3.35. The molecular weight excluding hydrogens is 318 g/mol. The fourth-order valence-corrected chi connectivity index (χ4v) is 2.64. The number of benzene rings is 1. The maximum absolute atomic E-state index is 9.84. The monoisotopic (exact) mass is 335 g/mol. The number of halogens is 2. The summed E-state index contributed by atoms with van der Waals surface area (Å²) in [6, 6.07) is 6.13. The van der Waals surface area contributed by atoms with Crippen LogP contribution in [0.25, 0.3) is 0 Å². The molecule has 0 aromatic heterocycles. The van der Waals surface area contributed by atoms with Crippen molar-refractivity contribution in [3.05, 3.63) is 28.2 Å². The zero-order valence-electron chi connectivity index (χ0n) is 10.1. The molecule has 0 amide bonds. The normalized spacial score (nSPS) is 23.4. The van der Waals surface area contributed by atoms with Gasteiger partial charge in [0.25, 0.3) is 0 Å². The largest absolute Gasteiger partial charge is 0.506 e. The van der Waals surface area contributed by atoms with Crippen LogP contribution in [0, 0.1) is 0 Å². The first-order chi connectivity index (χ1) is 8.16. The van der Waals surface area contributed by atoms with Crippen LogP contribution in [-0.4, -0.2) is 22.4 Å². The van der Waals surface area contributed by atoms with Crippen LogP contribution >= 0.6 is 28.3 Å². The highest BCUT2D eigenvalue weighted by molar-refractivity contribution is 9.10. The van der Waals surface area contributed by atoms with Crippen LogP contribution < -0.4 is 5.32 Å². The number of aromatic hydroxyl groups is 1. The summed E-state index contributed by atoms with van der Waals surface area (Å²) in [7, 11) is 0. The number of hydrogen-bond donors (Lipinski definition) is 3. The molecule has 1 fully saturated rings. The van der Waals surface area contributed by atoms with Gasteiger partial charge in [0.15, 0.2) is 0 Å². The van der Waals surface area contributed by atoms with Gasteiger partial charge in [-0.1, -0.05) is 12.1 Å². The second-order valence-corrected chi connectivity index (χ2v) is 5.49. The summed E-state index contributed by atoms with van der Waals surface area (Å²) in [5, 5.41) is 22.7. The van der Waals surface area contributed by atoms with E-state index in [1.807, 2.05) is 18.2 Å². The minimum Gasteiger partial charge on any atom is -0.506 e. The van der Waals surface area contributed by atoms with Crippen molar-refractivity contribution in [1.29, 1.82) is 0 Å². The number of aliphatic hydroxyl groups excluding tert-OH is 1. The second-order valence-electron chi connectivity index (χ2n) is 4.63. The molecule has 102 valence electrons. The Kier molecular flexibility index (Phi) is 6.43. The Labute approximate surface area is 122 Å². The summed E-state index contributed by atoms with van der Waals surface area (Å²) in [4.78, 5) is 0. The van der Waals surface area contributed by atoms with Gasteiger partial charge in [-0.05, 0) is 47.7 Å². The molecule has 3 nitrogen and oxygen atoms in total. The molecule has 0 bridgehead atoms. The topological polar surface area (TPSA) is 52.5 Å². The molecule has 0 atom stereocenters. The van der Waals surface area contributed by atoms with E-state index in [9.17, 15) is 10.2 Å². The van der Waals surface area contributed by atoms with Crippen molar-refractivity contribution in [2.45, 2.75) is 44.4 Å². The van der Waals surface area contributed by atoms with E-state index in [0.29, 0.717) is 18.3 Å². The van der Waals surface area contributed by atoms with Gasteiger partial charge in [0.1, 0.15) is 5.75 Å². The molecule has 0 unspecified atom stereocenters. The molecule has 1 aromatic carbocycles. The lowest BCUT2D eigenvalue weighted by Gasteiger charge is -2.26. The lowest BCUT2D eigenvalue weighted by molar-refractivity contribution is 0.116. The number of para-hydroxylation sites is 1. The molecule has 0 spiro atoms. The van der Waals surface area contributed by atoms with Gasteiger partial charge in [-0.3, -0.25) is 0 Å². The van der Waals surface area contributed by atoms with Crippen molar-refractivity contribution in [1.82, 2.24) is 5.32 Å². The zero-order valence-corrected chi connectivity index (χ0v) is 12.5. The highest BCUT2D eigenvalue weighted by atomic mass is 79.9. The zero-order chi connectivity index (χ0) is 12.3. The Morgan fingerprint density at radius 2 is 1.89 bits per heavy atom. The van der Waals surface area contributed by atoms with Gasteiger partial charge in [-0.15, -0.1) is 12.4 Å². The molecule has 0 aliphatic heterocycles. The van der Waals surface area contributed by atoms with Crippen LogP contribution in [0.2, 0.25) is 0 Å². The number of nitrogens with one attached hydrogen (secondary N) is 1. The lowest BCUT2D eigenvalue weighted by atomic mass is 9.93. The van der Waals surface area contributed by atoms with Gasteiger partial charge in [-0.25, -0.2) is 0 Å². The van der Waals surface area contributed by atoms with Gasteiger partial charge in [0.05, 0.1) is 10.6 Å². The first kappa shape index (κ1) is 15.8. The molecule has 2 rings (SSSR count). The van der Waals surface area contributed by atoms with E-state index >= 15 is 0 Å². The highest BCUT2D eigenvalue weighted by Crippen LogP contribution is 2.27. The highest BCUT2D eigenvalue weighted by Gasteiger charge is 2.19. The molecule has 1 aliphatic carbocycles. The standard InChI is InChI=1S/C13H18BrNO2.ClH/c14-12-3-1-2-9(13(12)17)8-15-10-4-6-11(16)7-5-10;/h1-3,10-11,15-17H,4-8H2;1H/t10-,11-;. The van der Waals surface area contributed by atoms with E-state index in [0.717, 1.165) is 35.7 Å². The van der Waals surface area contributed by atoms with Gasteiger partial charge >= 0.3 is 0 Å². The van der Waals surface area contributed by atoms with E-state index in [-0.39, 0.29) is 18.5 Å². The van der Waals surface area contributed by atoms with Crippen molar-refractivity contribution >= 4 is 28.3 Å². The Morgan fingerprint density at radius 1 is 1.22 bits per heavy atom. The quantitative estimate of drug-likeness (QED) is 0.795.